The molecule has 1 aliphatic rings. The SMILES string of the molecule is C[CH]C1C/C=C\CCCC1. The molecule has 0 spiro atoms. The molecular formula is C10H17. The summed E-state index contributed by atoms with van der Waals surface area (Å²) in [5, 5.41) is 0. The Kier molecular flexibility index (Phi) is 3.56. The highest BCUT2D eigenvalue weighted by molar-refractivity contribution is 4.89. The van der Waals surface area contributed by atoms with Crippen LogP contribution >= 0.6 is 0 Å². The molecule has 1 rings (SSSR count). The monoisotopic (exact) mass is 137 g/mol. The van der Waals surface area contributed by atoms with Crippen molar-refractivity contribution in [3.63, 3.8) is 0 Å². The van der Waals surface area contributed by atoms with E-state index in [1.54, 1.807) is 0 Å². The second-order valence-electron chi connectivity index (χ2n) is 3.08. The number of hydrogen-bond donors (Lipinski definition) is 0. The fraction of sp³-hybridized carbons (Fsp3) is 0.700. The van der Waals surface area contributed by atoms with Crippen LogP contribution in [0.1, 0.15) is 39.0 Å². The zero-order valence-corrected chi connectivity index (χ0v) is 6.84. The second-order valence-corrected chi connectivity index (χ2v) is 3.08. The molecule has 0 heteroatoms. The zero-order chi connectivity index (χ0) is 7.23. The molecule has 0 aliphatic heterocycles. The molecule has 1 aliphatic carbocycles. The van der Waals surface area contributed by atoms with Gasteiger partial charge in [0, 0.05) is 0 Å². The highest BCUT2D eigenvalue weighted by Crippen LogP contribution is 2.19. The van der Waals surface area contributed by atoms with E-state index >= 15 is 0 Å². The normalized spacial score (nSPS) is 30.7. The van der Waals surface area contributed by atoms with Crippen LogP contribution in [0.5, 0.6) is 0 Å². The quantitative estimate of drug-likeness (QED) is 0.486. The predicted octanol–water partition coefficient (Wildman–Crippen LogP) is 3.35. The van der Waals surface area contributed by atoms with E-state index in [9.17, 15) is 0 Å². The van der Waals surface area contributed by atoms with E-state index in [1.807, 2.05) is 0 Å². The standard InChI is InChI=1S/C10H17/c1-2-10-8-6-4-3-5-7-9-10/h2,4,6,10H,3,5,7-9H2,1H3/b6-4-. The van der Waals surface area contributed by atoms with E-state index in [0.717, 1.165) is 5.92 Å². The van der Waals surface area contributed by atoms with Gasteiger partial charge in [-0.05, 0) is 38.0 Å². The largest absolute Gasteiger partial charge is 0.0885 e. The molecule has 0 nitrogen and oxygen atoms in total. The van der Waals surface area contributed by atoms with Crippen LogP contribution in [-0.4, -0.2) is 0 Å². The molecule has 1 radical (unpaired) electrons. The molecule has 57 valence electrons. The first-order valence-electron chi connectivity index (χ1n) is 4.38. The topological polar surface area (TPSA) is 0 Å². The Morgan fingerprint density at radius 3 is 3.00 bits per heavy atom. The van der Waals surface area contributed by atoms with Gasteiger partial charge in [0.2, 0.25) is 0 Å². The summed E-state index contributed by atoms with van der Waals surface area (Å²) in [6, 6.07) is 0. The molecule has 1 atom stereocenters. The van der Waals surface area contributed by atoms with Gasteiger partial charge in [0.1, 0.15) is 0 Å². The van der Waals surface area contributed by atoms with Crippen molar-refractivity contribution in [3.8, 4) is 0 Å². The van der Waals surface area contributed by atoms with Gasteiger partial charge in [0.05, 0.1) is 0 Å². The second kappa shape index (κ2) is 4.54. The number of allylic oxidation sites excluding steroid dienone is 2. The van der Waals surface area contributed by atoms with Gasteiger partial charge >= 0.3 is 0 Å². The third-order valence-corrected chi connectivity index (χ3v) is 2.27. The molecule has 0 heterocycles. The van der Waals surface area contributed by atoms with Crippen LogP contribution in [-0.2, 0) is 0 Å². The summed E-state index contributed by atoms with van der Waals surface area (Å²) in [7, 11) is 0. The molecule has 1 unspecified atom stereocenters. The lowest BCUT2D eigenvalue weighted by Gasteiger charge is -2.13. The summed E-state index contributed by atoms with van der Waals surface area (Å²) in [4.78, 5) is 0. The minimum absolute atomic E-state index is 0.858. The van der Waals surface area contributed by atoms with Gasteiger partial charge in [-0.1, -0.05) is 25.5 Å². The summed E-state index contributed by atoms with van der Waals surface area (Å²) < 4.78 is 0. The molecule has 0 fully saturated rings. The summed E-state index contributed by atoms with van der Waals surface area (Å²) in [6.45, 7) is 2.18. The number of rotatable bonds is 1. The summed E-state index contributed by atoms with van der Waals surface area (Å²) in [5.74, 6) is 0.858. The van der Waals surface area contributed by atoms with Gasteiger partial charge in [0.25, 0.3) is 0 Å². The van der Waals surface area contributed by atoms with Gasteiger partial charge in [-0.25, -0.2) is 0 Å². The van der Waals surface area contributed by atoms with Gasteiger partial charge in [-0.2, -0.15) is 0 Å². The van der Waals surface area contributed by atoms with Crippen LogP contribution in [0, 0.1) is 12.3 Å². The van der Waals surface area contributed by atoms with Crippen molar-refractivity contribution < 1.29 is 0 Å². The molecule has 0 saturated carbocycles. The number of hydrogen-bond acceptors (Lipinski definition) is 0. The maximum absolute atomic E-state index is 2.34. The molecule has 0 saturated heterocycles. The van der Waals surface area contributed by atoms with Crippen molar-refractivity contribution in [3.05, 3.63) is 18.6 Å². The molecule has 0 aromatic heterocycles. The van der Waals surface area contributed by atoms with Crippen molar-refractivity contribution in [1.29, 1.82) is 0 Å². The molecule has 0 N–H and O–H groups in total. The Morgan fingerprint density at radius 1 is 1.30 bits per heavy atom. The Labute approximate surface area is 64.3 Å². The van der Waals surface area contributed by atoms with Gasteiger partial charge < -0.3 is 0 Å². The van der Waals surface area contributed by atoms with Gasteiger partial charge in [-0.3, -0.25) is 0 Å². The van der Waals surface area contributed by atoms with Crippen LogP contribution in [0.2, 0.25) is 0 Å². The Balaban J connectivity index is 2.30. The van der Waals surface area contributed by atoms with Crippen LogP contribution in [0.3, 0.4) is 0 Å². The average molecular weight is 137 g/mol. The van der Waals surface area contributed by atoms with Crippen LogP contribution in [0.25, 0.3) is 0 Å². The highest BCUT2D eigenvalue weighted by Gasteiger charge is 2.04. The minimum atomic E-state index is 0.858. The lowest BCUT2D eigenvalue weighted by Crippen LogP contribution is -1.99. The predicted molar refractivity (Wildman–Crippen MR) is 45.7 cm³/mol. The van der Waals surface area contributed by atoms with E-state index in [1.165, 1.54) is 32.1 Å². The Morgan fingerprint density at radius 2 is 2.20 bits per heavy atom. The lowest BCUT2D eigenvalue weighted by molar-refractivity contribution is 0.512. The van der Waals surface area contributed by atoms with E-state index in [2.05, 4.69) is 25.5 Å². The van der Waals surface area contributed by atoms with E-state index in [4.69, 9.17) is 0 Å². The first-order valence-corrected chi connectivity index (χ1v) is 4.38. The van der Waals surface area contributed by atoms with E-state index in [-0.39, 0.29) is 0 Å². The first kappa shape index (κ1) is 7.84. The van der Waals surface area contributed by atoms with E-state index < -0.39 is 0 Å². The third kappa shape index (κ3) is 2.55. The van der Waals surface area contributed by atoms with Crippen molar-refractivity contribution in [1.82, 2.24) is 0 Å². The third-order valence-electron chi connectivity index (χ3n) is 2.27. The average Bonchev–Trinajstić information content (AvgIpc) is 1.87. The van der Waals surface area contributed by atoms with Gasteiger partial charge in [-0.15, -0.1) is 0 Å². The van der Waals surface area contributed by atoms with Crippen LogP contribution in [0.15, 0.2) is 12.2 Å². The van der Waals surface area contributed by atoms with Crippen molar-refractivity contribution in [2.45, 2.75) is 39.0 Å². The van der Waals surface area contributed by atoms with Gasteiger partial charge in [0.15, 0.2) is 0 Å². The Bertz CT molecular complexity index is 103. The maximum Gasteiger partial charge on any atom is -0.0320 e. The summed E-state index contributed by atoms with van der Waals surface area (Å²) in [6.07, 6.45) is 13.8. The Hall–Kier alpha value is -0.260. The minimum Gasteiger partial charge on any atom is -0.0885 e. The molecule has 0 amide bonds. The molecular weight excluding hydrogens is 120 g/mol. The van der Waals surface area contributed by atoms with Crippen LogP contribution in [0.4, 0.5) is 0 Å². The van der Waals surface area contributed by atoms with Crippen molar-refractivity contribution in [2.24, 2.45) is 5.92 Å². The zero-order valence-electron chi connectivity index (χ0n) is 6.84. The van der Waals surface area contributed by atoms with Crippen molar-refractivity contribution >= 4 is 0 Å². The van der Waals surface area contributed by atoms with Crippen molar-refractivity contribution in [2.75, 3.05) is 0 Å². The summed E-state index contributed by atoms with van der Waals surface area (Å²) >= 11 is 0. The van der Waals surface area contributed by atoms with E-state index in [0.29, 0.717) is 0 Å². The summed E-state index contributed by atoms with van der Waals surface area (Å²) in [5.41, 5.74) is 0. The smallest absolute Gasteiger partial charge is 0.0320 e. The highest BCUT2D eigenvalue weighted by atomic mass is 14.1. The maximum atomic E-state index is 2.34. The molecule has 10 heavy (non-hydrogen) atoms. The molecule has 0 aromatic carbocycles. The first-order chi connectivity index (χ1) is 4.93. The fourth-order valence-electron chi connectivity index (χ4n) is 1.48. The lowest BCUT2D eigenvalue weighted by atomic mass is 9.93. The molecule has 0 bridgehead atoms. The van der Waals surface area contributed by atoms with Crippen LogP contribution < -0.4 is 0 Å². The fourth-order valence-corrected chi connectivity index (χ4v) is 1.48. The molecule has 0 aromatic rings.